The van der Waals surface area contributed by atoms with Crippen LogP contribution in [0.3, 0.4) is 0 Å². The standard InChI is InChI=1S/C4H9BO3/c1-8-4-2-3-5(6)7/h2-4H2,1H3/q-2. The van der Waals surface area contributed by atoms with Crippen molar-refractivity contribution in [1.82, 2.24) is 0 Å². The Balaban J connectivity index is 2.72. The van der Waals surface area contributed by atoms with Crippen molar-refractivity contribution in [3.05, 3.63) is 0 Å². The van der Waals surface area contributed by atoms with E-state index in [1.165, 1.54) is 0 Å². The molecule has 0 saturated carbocycles. The van der Waals surface area contributed by atoms with Crippen molar-refractivity contribution in [3.8, 4) is 0 Å². The second-order valence-electron chi connectivity index (χ2n) is 1.56. The fourth-order valence-electron chi connectivity index (χ4n) is 0.394. The number of rotatable bonds is 4. The third kappa shape index (κ3) is 5.94. The lowest BCUT2D eigenvalue weighted by atomic mass is 9.85. The summed E-state index contributed by atoms with van der Waals surface area (Å²) in [4.78, 5) is 0. The molecule has 0 radical (unpaired) electrons. The molecule has 8 heavy (non-hydrogen) atoms. The van der Waals surface area contributed by atoms with Gasteiger partial charge < -0.3 is 14.8 Å². The van der Waals surface area contributed by atoms with Crippen molar-refractivity contribution in [2.24, 2.45) is 0 Å². The summed E-state index contributed by atoms with van der Waals surface area (Å²) in [6, 6.07) is 0. The molecule has 0 atom stereocenters. The van der Waals surface area contributed by atoms with Gasteiger partial charge in [-0.3, -0.25) is 0 Å². The van der Waals surface area contributed by atoms with Gasteiger partial charge >= 0.3 is 0 Å². The molecule has 0 aliphatic heterocycles. The van der Waals surface area contributed by atoms with Gasteiger partial charge in [-0.05, 0) is 6.42 Å². The molecule has 0 saturated heterocycles. The molecule has 0 aromatic heterocycles. The summed E-state index contributed by atoms with van der Waals surface area (Å²) in [6.45, 7) is 0.515. The second kappa shape index (κ2) is 5.09. The molecular weight excluding hydrogens is 107 g/mol. The Kier molecular flexibility index (Phi) is 5.05. The maximum absolute atomic E-state index is 9.79. The lowest BCUT2D eigenvalue weighted by Gasteiger charge is -2.25. The van der Waals surface area contributed by atoms with Crippen LogP contribution in [-0.4, -0.2) is 20.8 Å². The minimum Gasteiger partial charge on any atom is -0.893 e. The second-order valence-corrected chi connectivity index (χ2v) is 1.56. The number of methoxy groups -OCH3 is 1. The molecule has 0 amide bonds. The maximum atomic E-state index is 9.79. The van der Waals surface area contributed by atoms with E-state index in [-0.39, 0.29) is 6.32 Å². The van der Waals surface area contributed by atoms with E-state index in [1.807, 2.05) is 0 Å². The summed E-state index contributed by atoms with van der Waals surface area (Å²) < 4.78 is 4.61. The van der Waals surface area contributed by atoms with Gasteiger partial charge in [0.25, 0.3) is 0 Å². The highest BCUT2D eigenvalue weighted by atomic mass is 16.5. The van der Waals surface area contributed by atoms with Crippen molar-refractivity contribution in [3.63, 3.8) is 0 Å². The molecule has 48 valence electrons. The molecule has 0 aliphatic rings. The Morgan fingerprint density at radius 1 is 1.50 bits per heavy atom. The highest BCUT2D eigenvalue weighted by Crippen LogP contribution is 1.86. The zero-order valence-corrected chi connectivity index (χ0v) is 4.92. The first kappa shape index (κ1) is 7.94. The first-order valence-electron chi connectivity index (χ1n) is 2.58. The molecule has 0 N–H and O–H groups in total. The third-order valence-corrected chi connectivity index (χ3v) is 0.788. The van der Waals surface area contributed by atoms with Gasteiger partial charge in [-0.2, -0.15) is 0 Å². The van der Waals surface area contributed by atoms with Crippen LogP contribution in [0.1, 0.15) is 6.42 Å². The van der Waals surface area contributed by atoms with Gasteiger partial charge in [-0.15, -0.1) is 13.4 Å². The Morgan fingerprint density at radius 2 is 2.12 bits per heavy atom. The van der Waals surface area contributed by atoms with Crippen LogP contribution in [0.4, 0.5) is 0 Å². The summed E-state index contributed by atoms with van der Waals surface area (Å²) in [6.07, 6.45) is 0.752. The SMILES string of the molecule is COCCCB([O-])[O-]. The zero-order valence-electron chi connectivity index (χ0n) is 4.92. The molecule has 0 rings (SSSR count). The summed E-state index contributed by atoms with van der Waals surface area (Å²) >= 11 is 0. The minimum absolute atomic E-state index is 0.174. The van der Waals surface area contributed by atoms with Gasteiger partial charge in [0.05, 0.1) is 0 Å². The molecule has 0 fully saturated rings. The molecule has 0 bridgehead atoms. The molecule has 0 unspecified atom stereocenters. The van der Waals surface area contributed by atoms with E-state index in [9.17, 15) is 10.0 Å². The number of hydrogen-bond acceptors (Lipinski definition) is 3. The van der Waals surface area contributed by atoms with Crippen LogP contribution < -0.4 is 10.0 Å². The average Bonchev–Trinajstić information content (AvgIpc) is 1.66. The highest BCUT2D eigenvalue weighted by Gasteiger charge is 1.80. The molecule has 3 nitrogen and oxygen atoms in total. The first-order chi connectivity index (χ1) is 3.77. The van der Waals surface area contributed by atoms with E-state index in [2.05, 4.69) is 4.74 Å². The average molecular weight is 116 g/mol. The van der Waals surface area contributed by atoms with Crippen molar-refractivity contribution >= 4 is 7.12 Å². The van der Waals surface area contributed by atoms with Crippen molar-refractivity contribution in [2.75, 3.05) is 13.7 Å². The Labute approximate surface area is 49.4 Å². The van der Waals surface area contributed by atoms with E-state index in [0.29, 0.717) is 13.0 Å². The Morgan fingerprint density at radius 3 is 2.50 bits per heavy atom. The first-order valence-corrected chi connectivity index (χ1v) is 2.58. The maximum Gasteiger partial charge on any atom is 0.0454 e. The third-order valence-electron chi connectivity index (χ3n) is 0.788. The van der Waals surface area contributed by atoms with Crippen molar-refractivity contribution < 1.29 is 14.8 Å². The van der Waals surface area contributed by atoms with Gasteiger partial charge in [-0.25, -0.2) is 0 Å². The highest BCUT2D eigenvalue weighted by molar-refractivity contribution is 6.36. The largest absolute Gasteiger partial charge is 0.893 e. The van der Waals surface area contributed by atoms with Gasteiger partial charge in [-0.1, -0.05) is 0 Å². The van der Waals surface area contributed by atoms with Gasteiger partial charge in [0, 0.05) is 13.7 Å². The van der Waals surface area contributed by atoms with E-state index in [4.69, 9.17) is 0 Å². The summed E-state index contributed by atoms with van der Waals surface area (Å²) in [7, 11) is -0.130. The number of hydrogen-bond donors (Lipinski definition) is 0. The monoisotopic (exact) mass is 116 g/mol. The van der Waals surface area contributed by atoms with E-state index >= 15 is 0 Å². The Bertz CT molecular complexity index is 48.5. The summed E-state index contributed by atoms with van der Waals surface area (Å²) in [5, 5.41) is 19.6. The van der Waals surface area contributed by atoms with Crippen LogP contribution in [0.15, 0.2) is 0 Å². The number of ether oxygens (including phenoxy) is 1. The van der Waals surface area contributed by atoms with E-state index < -0.39 is 7.12 Å². The lowest BCUT2D eigenvalue weighted by Crippen LogP contribution is -2.44. The van der Waals surface area contributed by atoms with Crippen molar-refractivity contribution in [1.29, 1.82) is 0 Å². The molecule has 0 aromatic carbocycles. The van der Waals surface area contributed by atoms with Crippen molar-refractivity contribution in [2.45, 2.75) is 12.7 Å². The van der Waals surface area contributed by atoms with Crippen LogP contribution in [0, 0.1) is 0 Å². The van der Waals surface area contributed by atoms with Crippen LogP contribution in [0.2, 0.25) is 6.32 Å². The molecule has 0 heterocycles. The fraction of sp³-hybridized carbons (Fsp3) is 1.00. The molecule has 0 aromatic rings. The van der Waals surface area contributed by atoms with Crippen LogP contribution in [0.25, 0.3) is 0 Å². The fourth-order valence-corrected chi connectivity index (χ4v) is 0.394. The Hall–Kier alpha value is -0.0551. The molecule has 4 heteroatoms. The van der Waals surface area contributed by atoms with E-state index in [1.54, 1.807) is 7.11 Å². The minimum atomic E-state index is -1.68. The molecular formula is C4H9BO3-2. The summed E-state index contributed by atoms with van der Waals surface area (Å²) in [5.74, 6) is 0. The lowest BCUT2D eigenvalue weighted by molar-refractivity contribution is -0.348. The van der Waals surface area contributed by atoms with Crippen LogP contribution >= 0.6 is 0 Å². The smallest absolute Gasteiger partial charge is 0.0454 e. The predicted molar refractivity (Wildman–Crippen MR) is 27.1 cm³/mol. The van der Waals surface area contributed by atoms with Gasteiger partial charge in [0.1, 0.15) is 0 Å². The molecule has 0 aliphatic carbocycles. The normalized spacial score (nSPS) is 9.38. The topological polar surface area (TPSA) is 55.3 Å². The summed E-state index contributed by atoms with van der Waals surface area (Å²) in [5.41, 5.74) is 0. The van der Waals surface area contributed by atoms with Crippen LogP contribution in [0.5, 0.6) is 0 Å². The van der Waals surface area contributed by atoms with Gasteiger partial charge in [0.15, 0.2) is 0 Å². The van der Waals surface area contributed by atoms with Gasteiger partial charge in [0.2, 0.25) is 0 Å². The van der Waals surface area contributed by atoms with Crippen LogP contribution in [-0.2, 0) is 4.74 Å². The quantitative estimate of drug-likeness (QED) is 0.322. The zero-order chi connectivity index (χ0) is 6.41. The predicted octanol–water partition coefficient (Wildman–Crippen LogP) is -1.77. The molecule has 0 spiro atoms. The van der Waals surface area contributed by atoms with E-state index in [0.717, 1.165) is 0 Å².